The molecule has 15 heteroatoms. The molecule has 50 heavy (non-hydrogen) atoms. The van der Waals surface area contributed by atoms with E-state index in [0.29, 0.717) is 36.4 Å². The number of carboxylic acids is 1. The first kappa shape index (κ1) is 40.6. The molecule has 1 fully saturated rings. The zero-order valence-corrected chi connectivity index (χ0v) is 29.6. The van der Waals surface area contributed by atoms with Gasteiger partial charge in [0.15, 0.2) is 0 Å². The molecule has 1 aliphatic heterocycles. The number of ether oxygens (including phenoxy) is 1. The topological polar surface area (TPSA) is 159 Å². The fraction of sp³-hybridized carbons (Fsp3) is 0.514. The summed E-state index contributed by atoms with van der Waals surface area (Å²) < 4.78 is 67.7. The molecule has 2 aromatic rings. The molecule has 0 radical (unpaired) electrons. The van der Waals surface area contributed by atoms with Crippen molar-refractivity contribution in [3.05, 3.63) is 77.4 Å². The van der Waals surface area contributed by atoms with Crippen LogP contribution in [-0.4, -0.2) is 90.1 Å². The Morgan fingerprint density at radius 1 is 1.00 bits per heavy atom. The van der Waals surface area contributed by atoms with Crippen molar-refractivity contribution in [3.8, 4) is 0 Å². The molecule has 0 unspecified atom stereocenters. The Kier molecular flexibility index (Phi) is 13.8. The smallest absolute Gasteiger partial charge is 0.475 e. The van der Waals surface area contributed by atoms with Crippen LogP contribution in [0.5, 0.6) is 0 Å². The Bertz CT molecular complexity index is 1610. The zero-order valence-electron chi connectivity index (χ0n) is 28.8. The zero-order chi connectivity index (χ0) is 37.3. The summed E-state index contributed by atoms with van der Waals surface area (Å²) in [6, 6.07) is 17.8. The number of carboxylic acid groups (broad SMARTS) is 1. The normalized spacial score (nSPS) is 17.8. The number of nitrogens with one attached hydrogen (secondary N) is 1. The SMILES string of the molecule is CCN(CC1=C(c2ccccc2)S(=O)(=O)N(CC)C12CCCCC2)C(=O)[C@@H](COCc1ccccc1)NC(=O)C(C)(C)N.O=C(O)C(F)(F)F. The number of sulfonamides is 1. The summed E-state index contributed by atoms with van der Waals surface area (Å²) in [6.07, 6.45) is -0.797. The van der Waals surface area contributed by atoms with Gasteiger partial charge in [-0.15, -0.1) is 0 Å². The Morgan fingerprint density at radius 3 is 2.02 bits per heavy atom. The summed E-state index contributed by atoms with van der Waals surface area (Å²) in [4.78, 5) is 38.0. The Labute approximate surface area is 291 Å². The summed E-state index contributed by atoms with van der Waals surface area (Å²) in [6.45, 7) is 7.93. The molecule has 1 atom stereocenters. The van der Waals surface area contributed by atoms with E-state index in [1.165, 1.54) is 0 Å². The first-order chi connectivity index (χ1) is 23.4. The number of nitrogens with zero attached hydrogens (tertiary/aromatic N) is 2. The minimum Gasteiger partial charge on any atom is -0.475 e. The maximum absolute atomic E-state index is 14.2. The highest BCUT2D eigenvalue weighted by molar-refractivity contribution is 7.98. The third kappa shape index (κ3) is 9.71. The molecule has 2 amide bonds. The maximum atomic E-state index is 14.2. The van der Waals surface area contributed by atoms with Gasteiger partial charge in [0.05, 0.1) is 29.2 Å². The van der Waals surface area contributed by atoms with Crippen LogP contribution in [0.2, 0.25) is 0 Å². The molecular formula is C35H47F3N4O7S. The van der Waals surface area contributed by atoms with Crippen molar-refractivity contribution in [1.29, 1.82) is 0 Å². The average Bonchev–Trinajstić information content (AvgIpc) is 3.23. The molecule has 0 aromatic heterocycles. The van der Waals surface area contributed by atoms with Crippen molar-refractivity contribution in [2.75, 3.05) is 26.2 Å². The Balaban J connectivity index is 0.000000872. The van der Waals surface area contributed by atoms with E-state index in [2.05, 4.69) is 5.32 Å². The number of carbonyl (C=O) groups excluding carboxylic acids is 2. The lowest BCUT2D eigenvalue weighted by Crippen LogP contribution is -2.58. The molecular weight excluding hydrogens is 677 g/mol. The second kappa shape index (κ2) is 16.9. The van der Waals surface area contributed by atoms with Crippen molar-refractivity contribution in [1.82, 2.24) is 14.5 Å². The molecule has 1 heterocycles. The Morgan fingerprint density at radius 2 is 1.54 bits per heavy atom. The number of hydrogen-bond donors (Lipinski definition) is 3. The van der Waals surface area contributed by atoms with E-state index in [1.54, 1.807) is 23.1 Å². The highest BCUT2D eigenvalue weighted by atomic mass is 32.2. The largest absolute Gasteiger partial charge is 0.490 e. The van der Waals surface area contributed by atoms with Crippen LogP contribution in [0.3, 0.4) is 0 Å². The van der Waals surface area contributed by atoms with Gasteiger partial charge in [0.1, 0.15) is 6.04 Å². The molecule has 2 aromatic carbocycles. The molecule has 4 N–H and O–H groups in total. The second-order valence-corrected chi connectivity index (χ2v) is 14.6. The van der Waals surface area contributed by atoms with E-state index in [0.717, 1.165) is 30.4 Å². The average molecular weight is 725 g/mol. The van der Waals surface area contributed by atoms with Crippen LogP contribution in [0, 0.1) is 0 Å². The standard InChI is InChI=1S/C33H46N4O5S.C2HF3O2/c1-5-36(30(38)28(35-31(39)32(3,4)34)24-42-23-25-16-10-7-11-17-25)22-27-29(26-18-12-8-13-19-26)43(40,41)37(6-2)33(27)20-14-9-15-21-33;3-2(4,5)1(6)7/h7-8,10-13,16-19,28H,5-6,9,14-15,20-24,34H2,1-4H3,(H,35,39);(H,6,7)/t28-;/m1./s1. The lowest BCUT2D eigenvalue weighted by molar-refractivity contribution is -0.192. The first-order valence-electron chi connectivity index (χ1n) is 16.5. The number of benzene rings is 2. The summed E-state index contributed by atoms with van der Waals surface area (Å²) in [5.74, 6) is -3.57. The van der Waals surface area contributed by atoms with E-state index in [-0.39, 0.29) is 25.7 Å². The third-order valence-electron chi connectivity index (χ3n) is 8.73. The quantitative estimate of drug-likeness (QED) is 0.285. The van der Waals surface area contributed by atoms with Crippen LogP contribution in [0.1, 0.15) is 70.9 Å². The number of amides is 2. The van der Waals surface area contributed by atoms with Crippen molar-refractivity contribution in [2.24, 2.45) is 5.73 Å². The van der Waals surface area contributed by atoms with Crippen LogP contribution in [0.4, 0.5) is 13.2 Å². The molecule has 0 saturated heterocycles. The van der Waals surface area contributed by atoms with Crippen molar-refractivity contribution in [3.63, 3.8) is 0 Å². The van der Waals surface area contributed by atoms with Gasteiger partial charge in [-0.2, -0.15) is 17.5 Å². The van der Waals surface area contributed by atoms with Gasteiger partial charge in [0, 0.05) is 19.6 Å². The monoisotopic (exact) mass is 724 g/mol. The minimum absolute atomic E-state index is 0.0544. The van der Waals surface area contributed by atoms with Gasteiger partial charge in [0.25, 0.3) is 0 Å². The number of aliphatic carboxylic acids is 1. The first-order valence-corrected chi connectivity index (χ1v) is 18.0. The predicted octanol–water partition coefficient (Wildman–Crippen LogP) is 4.69. The Hall–Kier alpha value is -3.79. The number of likely N-dealkylation sites (N-methyl/N-ethyl adjacent to an activating group) is 2. The molecule has 11 nitrogen and oxygen atoms in total. The highest BCUT2D eigenvalue weighted by Gasteiger charge is 2.55. The molecule has 1 spiro atoms. The number of rotatable bonds is 12. The maximum Gasteiger partial charge on any atom is 0.490 e. The van der Waals surface area contributed by atoms with Crippen LogP contribution < -0.4 is 11.1 Å². The van der Waals surface area contributed by atoms with Gasteiger partial charge in [0.2, 0.25) is 21.8 Å². The fourth-order valence-corrected chi connectivity index (χ4v) is 8.61. The van der Waals surface area contributed by atoms with Gasteiger partial charge in [-0.1, -0.05) is 86.8 Å². The summed E-state index contributed by atoms with van der Waals surface area (Å²) in [5, 5.41) is 9.93. The predicted molar refractivity (Wildman–Crippen MR) is 183 cm³/mol. The van der Waals surface area contributed by atoms with E-state index in [9.17, 15) is 31.2 Å². The molecule has 4 rings (SSSR count). The molecule has 276 valence electrons. The van der Waals surface area contributed by atoms with E-state index in [1.807, 2.05) is 74.5 Å². The molecule has 1 aliphatic carbocycles. The molecule has 0 bridgehead atoms. The number of carbonyl (C=O) groups is 3. The second-order valence-electron chi connectivity index (χ2n) is 12.8. The van der Waals surface area contributed by atoms with Crippen molar-refractivity contribution >= 4 is 32.7 Å². The van der Waals surface area contributed by atoms with E-state index < -0.39 is 45.2 Å². The van der Waals surface area contributed by atoms with E-state index >= 15 is 0 Å². The van der Waals surface area contributed by atoms with Crippen LogP contribution in [0.15, 0.2) is 66.2 Å². The van der Waals surface area contributed by atoms with Gasteiger partial charge < -0.3 is 25.8 Å². The van der Waals surface area contributed by atoms with Crippen LogP contribution in [-0.2, 0) is 35.8 Å². The van der Waals surface area contributed by atoms with Crippen LogP contribution in [0.25, 0.3) is 4.91 Å². The number of halogens is 3. The van der Waals surface area contributed by atoms with Crippen molar-refractivity contribution in [2.45, 2.75) is 89.7 Å². The summed E-state index contributed by atoms with van der Waals surface area (Å²) in [5.41, 5.74) is 6.50. The minimum atomic E-state index is -5.08. The third-order valence-corrected chi connectivity index (χ3v) is 10.9. The number of hydrogen-bond acceptors (Lipinski definition) is 7. The lowest BCUT2D eigenvalue weighted by atomic mass is 9.75. The summed E-state index contributed by atoms with van der Waals surface area (Å²) in [7, 11) is -3.81. The van der Waals surface area contributed by atoms with Crippen molar-refractivity contribution < 1.29 is 45.8 Å². The van der Waals surface area contributed by atoms with Gasteiger partial charge in [-0.05, 0) is 50.3 Å². The van der Waals surface area contributed by atoms with Gasteiger partial charge in [-0.25, -0.2) is 13.2 Å². The van der Waals surface area contributed by atoms with Gasteiger partial charge in [-0.3, -0.25) is 9.59 Å². The summed E-state index contributed by atoms with van der Waals surface area (Å²) >= 11 is 0. The lowest BCUT2D eigenvalue weighted by Gasteiger charge is -2.43. The number of nitrogens with two attached hydrogens (primary N) is 1. The molecule has 2 aliphatic rings. The fourth-order valence-electron chi connectivity index (χ4n) is 6.29. The molecule has 1 saturated carbocycles. The van der Waals surface area contributed by atoms with Crippen LogP contribution >= 0.6 is 0 Å². The number of alkyl halides is 3. The highest BCUT2D eigenvalue weighted by Crippen LogP contribution is 2.52. The van der Waals surface area contributed by atoms with E-state index in [4.69, 9.17) is 20.4 Å². The van der Waals surface area contributed by atoms with Gasteiger partial charge >= 0.3 is 12.1 Å².